The molecule has 0 bridgehead atoms. The van der Waals surface area contributed by atoms with Gasteiger partial charge in [0.15, 0.2) is 8.07 Å². The Morgan fingerprint density at radius 1 is 0.393 bits per heavy atom. The van der Waals surface area contributed by atoms with E-state index in [1.165, 1.54) is 103 Å². The Balaban J connectivity index is 1.11. The van der Waals surface area contributed by atoms with E-state index in [9.17, 15) is 0 Å². The summed E-state index contributed by atoms with van der Waals surface area (Å²) >= 11 is 1.92. The van der Waals surface area contributed by atoms with Crippen LogP contribution in [-0.4, -0.2) is 8.07 Å². The first-order valence-electron chi connectivity index (χ1n) is 19.5. The molecule has 0 radical (unpaired) electrons. The second-order valence-corrected chi connectivity index (χ2v) is 20.2. The Bertz CT molecular complexity index is 3050. The number of para-hydroxylation sites is 2. The lowest BCUT2D eigenvalue weighted by Gasteiger charge is -2.49. The van der Waals surface area contributed by atoms with E-state index in [0.29, 0.717) is 0 Å². The van der Waals surface area contributed by atoms with E-state index in [0.717, 1.165) is 0 Å². The number of anilines is 3. The number of nitrogens with zero attached hydrogens (tertiary/aromatic N) is 1. The fraction of sp³-hybridized carbons (Fsp3) is 0.0189. The third-order valence-corrected chi connectivity index (χ3v) is 19.3. The molecule has 0 amide bonds. The minimum absolute atomic E-state index is 0.503. The van der Waals surface area contributed by atoms with Crippen LogP contribution in [0.25, 0.3) is 33.0 Å². The molecule has 0 unspecified atom stereocenters. The summed E-state index contributed by atoms with van der Waals surface area (Å²) in [6, 6.07) is 76.3. The van der Waals surface area contributed by atoms with Crippen molar-refractivity contribution in [3.63, 3.8) is 0 Å². The monoisotopic (exact) mass is 743 g/mol. The van der Waals surface area contributed by atoms with E-state index in [1.807, 2.05) is 11.8 Å². The lowest BCUT2D eigenvalue weighted by molar-refractivity contribution is 0.695. The molecule has 260 valence electrons. The van der Waals surface area contributed by atoms with E-state index in [2.05, 4.69) is 205 Å². The predicted octanol–water partition coefficient (Wildman–Crippen LogP) is 10.8. The molecule has 0 saturated carbocycles. The first-order valence-corrected chi connectivity index (χ1v) is 22.3. The smallest absolute Gasteiger partial charge is 0.182 e. The van der Waals surface area contributed by atoms with E-state index in [1.54, 1.807) is 0 Å². The summed E-state index contributed by atoms with van der Waals surface area (Å²) in [7, 11) is -2.62. The van der Waals surface area contributed by atoms with Gasteiger partial charge in [0.2, 0.25) is 0 Å². The third kappa shape index (κ3) is 3.64. The summed E-state index contributed by atoms with van der Waals surface area (Å²) < 4.78 is 0. The predicted molar refractivity (Wildman–Crippen MR) is 236 cm³/mol. The maximum atomic E-state index is 2.58. The molecule has 1 nitrogen and oxygen atoms in total. The van der Waals surface area contributed by atoms with Crippen LogP contribution in [0.2, 0.25) is 0 Å². The highest BCUT2D eigenvalue weighted by Crippen LogP contribution is 2.63. The quantitative estimate of drug-likeness (QED) is 0.154. The SMILES string of the molecule is c1ccc2c(c1)Sc1c(ccc3ccccc13)C21c2ccccc2N(c2ccc3c(c2)[Si]2(c4ccccc4-c4ccccc42)c2ccccc2-3)c2ccccc21. The van der Waals surface area contributed by atoms with Gasteiger partial charge in [0, 0.05) is 15.5 Å². The van der Waals surface area contributed by atoms with E-state index in [4.69, 9.17) is 0 Å². The van der Waals surface area contributed by atoms with Crippen molar-refractivity contribution in [2.75, 3.05) is 4.90 Å². The number of hydrogen-bond donors (Lipinski definition) is 0. The van der Waals surface area contributed by atoms with Crippen molar-refractivity contribution in [1.29, 1.82) is 0 Å². The van der Waals surface area contributed by atoms with Crippen LogP contribution in [0, 0.1) is 0 Å². The van der Waals surface area contributed by atoms with Crippen molar-refractivity contribution in [2.24, 2.45) is 0 Å². The van der Waals surface area contributed by atoms with Gasteiger partial charge >= 0.3 is 0 Å². The highest BCUT2D eigenvalue weighted by atomic mass is 32.2. The number of benzene rings is 9. The zero-order valence-corrected chi connectivity index (χ0v) is 32.2. The summed E-state index contributed by atoms with van der Waals surface area (Å²) in [5, 5.41) is 8.58. The van der Waals surface area contributed by atoms with Crippen LogP contribution in [0.3, 0.4) is 0 Å². The zero-order chi connectivity index (χ0) is 36.6. The lowest BCUT2D eigenvalue weighted by Crippen LogP contribution is -2.70. The van der Waals surface area contributed by atoms with Gasteiger partial charge in [-0.1, -0.05) is 182 Å². The van der Waals surface area contributed by atoms with Crippen LogP contribution in [0.4, 0.5) is 17.1 Å². The number of hydrogen-bond acceptors (Lipinski definition) is 2. The minimum atomic E-state index is -2.62. The van der Waals surface area contributed by atoms with Crippen LogP contribution in [-0.2, 0) is 5.41 Å². The molecule has 0 saturated heterocycles. The molecule has 13 rings (SSSR count). The van der Waals surface area contributed by atoms with Crippen LogP contribution in [0.5, 0.6) is 0 Å². The van der Waals surface area contributed by atoms with Crippen molar-refractivity contribution in [1.82, 2.24) is 0 Å². The van der Waals surface area contributed by atoms with Gasteiger partial charge in [-0.25, -0.2) is 0 Å². The molecule has 9 aromatic carbocycles. The molecular weight excluding hydrogens is 711 g/mol. The summed E-state index contributed by atoms with van der Waals surface area (Å²) in [6.07, 6.45) is 0. The van der Waals surface area contributed by atoms with Crippen molar-refractivity contribution in [3.8, 4) is 22.3 Å². The maximum Gasteiger partial charge on any atom is 0.182 e. The molecule has 0 fully saturated rings. The number of rotatable bonds is 1. The molecular formula is C53H33NSSi. The molecule has 4 heterocycles. The summed E-state index contributed by atoms with van der Waals surface area (Å²) in [5.41, 5.74) is 14.0. The van der Waals surface area contributed by atoms with Gasteiger partial charge in [0.1, 0.15) is 0 Å². The molecule has 0 aromatic heterocycles. The summed E-state index contributed by atoms with van der Waals surface area (Å²) in [6.45, 7) is 0. The standard InChI is InChI=1S/C53H33NSSi/c1-2-16-36-34(15-1)29-32-44-52(36)55-47-25-11-8-22-43(47)53(44)41-20-6-9-23-45(41)54(46-24-10-7-21-42(46)53)35-30-31-40-39-19-5-14-28-50(39)56(51(40)33-35)48-26-12-3-17-37(48)38-18-4-13-27-49(38)56/h1-33H. The molecule has 0 N–H and O–H groups in total. The van der Waals surface area contributed by atoms with Gasteiger partial charge in [0.05, 0.1) is 16.8 Å². The van der Waals surface area contributed by atoms with Gasteiger partial charge < -0.3 is 4.90 Å². The Hall–Kier alpha value is -6.39. The Kier molecular flexibility index (Phi) is 6.12. The van der Waals surface area contributed by atoms with Crippen LogP contribution in [0.1, 0.15) is 22.3 Å². The van der Waals surface area contributed by atoms with E-state index >= 15 is 0 Å². The Morgan fingerprint density at radius 2 is 0.911 bits per heavy atom. The van der Waals surface area contributed by atoms with Crippen LogP contribution in [0.15, 0.2) is 210 Å². The molecule has 56 heavy (non-hydrogen) atoms. The fourth-order valence-corrected chi connectivity index (χ4v) is 18.1. The molecule has 2 spiro atoms. The molecule has 0 aliphatic carbocycles. The highest BCUT2D eigenvalue weighted by Gasteiger charge is 2.55. The summed E-state index contributed by atoms with van der Waals surface area (Å²) in [4.78, 5) is 5.23. The molecule has 4 aliphatic rings. The highest BCUT2D eigenvalue weighted by molar-refractivity contribution is 7.99. The topological polar surface area (TPSA) is 3.24 Å². The minimum Gasteiger partial charge on any atom is -0.310 e. The third-order valence-electron chi connectivity index (χ3n) is 13.1. The average Bonchev–Trinajstić information content (AvgIpc) is 3.73. The van der Waals surface area contributed by atoms with Gasteiger partial charge in [-0.3, -0.25) is 0 Å². The van der Waals surface area contributed by atoms with Crippen molar-refractivity contribution in [3.05, 3.63) is 222 Å². The van der Waals surface area contributed by atoms with Gasteiger partial charge in [-0.15, -0.1) is 0 Å². The maximum absolute atomic E-state index is 2.62. The van der Waals surface area contributed by atoms with Crippen molar-refractivity contribution < 1.29 is 0 Å². The molecule has 9 aromatic rings. The van der Waals surface area contributed by atoms with Crippen LogP contribution >= 0.6 is 11.8 Å². The van der Waals surface area contributed by atoms with Crippen molar-refractivity contribution >= 4 is 68.4 Å². The lowest BCUT2D eigenvalue weighted by atomic mass is 9.62. The number of fused-ring (bicyclic) bond motifs is 20. The largest absolute Gasteiger partial charge is 0.310 e. The van der Waals surface area contributed by atoms with Crippen molar-refractivity contribution in [2.45, 2.75) is 15.2 Å². The van der Waals surface area contributed by atoms with E-state index < -0.39 is 13.5 Å². The first kappa shape index (κ1) is 30.9. The normalized spacial score (nSPS) is 15.3. The van der Waals surface area contributed by atoms with Crippen LogP contribution < -0.4 is 25.6 Å². The second-order valence-electron chi connectivity index (χ2n) is 15.5. The molecule has 3 heteroatoms. The zero-order valence-electron chi connectivity index (χ0n) is 30.4. The first-order chi connectivity index (χ1) is 27.8. The van der Waals surface area contributed by atoms with Gasteiger partial charge in [-0.2, -0.15) is 0 Å². The summed E-state index contributed by atoms with van der Waals surface area (Å²) in [5.74, 6) is 0. The molecule has 4 aliphatic heterocycles. The van der Waals surface area contributed by atoms with Gasteiger partial charge in [-0.05, 0) is 106 Å². The van der Waals surface area contributed by atoms with Gasteiger partial charge in [0.25, 0.3) is 0 Å². The van der Waals surface area contributed by atoms with E-state index in [-0.39, 0.29) is 0 Å². The molecule has 0 atom stereocenters. The average molecular weight is 744 g/mol. The Labute approximate surface area is 331 Å². The second kappa shape index (κ2) is 11.1. The fourth-order valence-electron chi connectivity index (χ4n) is 11.1. The Morgan fingerprint density at radius 3 is 1.57 bits per heavy atom.